The van der Waals surface area contributed by atoms with E-state index in [2.05, 4.69) is 6.92 Å². The van der Waals surface area contributed by atoms with Gasteiger partial charge in [-0.25, -0.2) is 0 Å². The van der Waals surface area contributed by atoms with Gasteiger partial charge in [0.25, 0.3) is 0 Å². The number of rotatable bonds is 20. The molecular weight excluding hydrogens is 492 g/mol. The van der Waals surface area contributed by atoms with E-state index in [-0.39, 0.29) is 30.5 Å². The highest BCUT2D eigenvalue weighted by Gasteiger charge is 2.15. The molecule has 2 aromatic carbocycles. The Hall–Kier alpha value is -3.02. The van der Waals surface area contributed by atoms with Crippen molar-refractivity contribution in [2.24, 2.45) is 0 Å². The second-order valence-electron chi connectivity index (χ2n) is 9.97. The molecule has 0 amide bonds. The van der Waals surface area contributed by atoms with Crippen LogP contribution in [0.1, 0.15) is 103 Å². The van der Waals surface area contributed by atoms with Crippen molar-refractivity contribution in [2.45, 2.75) is 104 Å². The van der Waals surface area contributed by atoms with Gasteiger partial charge in [-0.2, -0.15) is 0 Å². The number of carbonyl (C=O) groups excluding carboxylic acids is 2. The molecule has 0 aliphatic rings. The zero-order valence-electron chi connectivity index (χ0n) is 24.3. The van der Waals surface area contributed by atoms with E-state index in [1.807, 2.05) is 30.3 Å². The van der Waals surface area contributed by atoms with Gasteiger partial charge in [0.1, 0.15) is 11.5 Å². The van der Waals surface area contributed by atoms with Gasteiger partial charge in [0.15, 0.2) is 0 Å². The molecule has 39 heavy (non-hydrogen) atoms. The van der Waals surface area contributed by atoms with Crippen molar-refractivity contribution in [3.05, 3.63) is 47.5 Å². The summed E-state index contributed by atoms with van der Waals surface area (Å²) in [6.07, 6.45) is 12.8. The van der Waals surface area contributed by atoms with Crippen molar-refractivity contribution in [1.29, 1.82) is 0 Å². The van der Waals surface area contributed by atoms with Crippen molar-refractivity contribution in [1.82, 2.24) is 0 Å². The van der Waals surface area contributed by atoms with Crippen molar-refractivity contribution in [2.75, 3.05) is 19.8 Å². The standard InChI is InChI=1S/C33H48O6/c1-4-7-8-9-10-11-12-13-14-23-39-31-20-16-27(18-22-33(36)38-6-3)25-29(31)28-24-26(15-19-30(28)34)17-21-32(35)37-5-2/h15-16,19-20,24-25,34H,4-14,17-18,21-23H2,1-3H3. The number of phenolic OH excluding ortho intramolecular Hbond substituents is 1. The zero-order valence-corrected chi connectivity index (χ0v) is 24.3. The van der Waals surface area contributed by atoms with E-state index in [4.69, 9.17) is 14.2 Å². The fourth-order valence-corrected chi connectivity index (χ4v) is 4.58. The SMILES string of the molecule is CCCCCCCCCCCOc1ccc(CCC(=O)OCC)cc1-c1cc(CCC(=O)OCC)ccc1O. The summed E-state index contributed by atoms with van der Waals surface area (Å²) in [5, 5.41) is 10.8. The molecule has 6 nitrogen and oxygen atoms in total. The average Bonchev–Trinajstić information content (AvgIpc) is 2.93. The number of phenols is 1. The van der Waals surface area contributed by atoms with Gasteiger partial charge >= 0.3 is 11.9 Å². The van der Waals surface area contributed by atoms with Crippen molar-refractivity contribution in [3.63, 3.8) is 0 Å². The predicted octanol–water partition coefficient (Wildman–Crippen LogP) is 7.96. The van der Waals surface area contributed by atoms with Crippen LogP contribution in [0.5, 0.6) is 11.5 Å². The van der Waals surface area contributed by atoms with Crippen LogP contribution in [0.3, 0.4) is 0 Å². The van der Waals surface area contributed by atoms with Crippen LogP contribution < -0.4 is 4.74 Å². The van der Waals surface area contributed by atoms with Crippen LogP contribution in [0.15, 0.2) is 36.4 Å². The van der Waals surface area contributed by atoms with E-state index in [0.29, 0.717) is 44.0 Å². The van der Waals surface area contributed by atoms with Gasteiger partial charge in [-0.05, 0) is 68.5 Å². The monoisotopic (exact) mass is 540 g/mol. The molecule has 2 rings (SSSR count). The topological polar surface area (TPSA) is 82.1 Å². The quantitative estimate of drug-likeness (QED) is 0.135. The lowest BCUT2D eigenvalue weighted by atomic mass is 9.96. The summed E-state index contributed by atoms with van der Waals surface area (Å²) in [6, 6.07) is 11.3. The minimum atomic E-state index is -0.238. The molecule has 1 N–H and O–H groups in total. The Balaban J connectivity index is 2.10. The zero-order chi connectivity index (χ0) is 28.3. The van der Waals surface area contributed by atoms with Crippen LogP contribution in [0.2, 0.25) is 0 Å². The summed E-state index contributed by atoms with van der Waals surface area (Å²) < 4.78 is 16.4. The van der Waals surface area contributed by atoms with Crippen LogP contribution in [0, 0.1) is 0 Å². The van der Waals surface area contributed by atoms with E-state index in [1.54, 1.807) is 19.9 Å². The first-order valence-corrected chi connectivity index (χ1v) is 14.9. The number of benzene rings is 2. The Morgan fingerprint density at radius 2 is 1.18 bits per heavy atom. The first kappa shape index (κ1) is 32.2. The van der Waals surface area contributed by atoms with E-state index >= 15 is 0 Å². The summed E-state index contributed by atoms with van der Waals surface area (Å²) in [7, 11) is 0. The highest BCUT2D eigenvalue weighted by atomic mass is 16.5. The Bertz CT molecular complexity index is 1000. The number of aromatic hydroxyl groups is 1. The lowest BCUT2D eigenvalue weighted by molar-refractivity contribution is -0.144. The molecule has 0 radical (unpaired) electrons. The van der Waals surface area contributed by atoms with Crippen molar-refractivity contribution in [3.8, 4) is 22.6 Å². The van der Waals surface area contributed by atoms with Gasteiger partial charge in [0.2, 0.25) is 0 Å². The number of hydrogen-bond donors (Lipinski definition) is 1. The normalized spacial score (nSPS) is 10.8. The molecule has 0 fully saturated rings. The molecule has 0 aliphatic heterocycles. The summed E-state index contributed by atoms with van der Waals surface area (Å²) in [6.45, 7) is 7.16. The highest BCUT2D eigenvalue weighted by Crippen LogP contribution is 2.38. The second-order valence-corrected chi connectivity index (χ2v) is 9.97. The van der Waals surface area contributed by atoms with E-state index in [0.717, 1.165) is 29.5 Å². The maximum absolute atomic E-state index is 11.9. The van der Waals surface area contributed by atoms with Crippen molar-refractivity contribution < 1.29 is 28.9 Å². The van der Waals surface area contributed by atoms with Crippen LogP contribution in [-0.4, -0.2) is 36.9 Å². The molecule has 0 saturated carbocycles. The van der Waals surface area contributed by atoms with Gasteiger partial charge in [-0.1, -0.05) is 70.4 Å². The molecular formula is C33H48O6. The minimum Gasteiger partial charge on any atom is -0.507 e. The minimum absolute atomic E-state index is 0.144. The Morgan fingerprint density at radius 3 is 1.74 bits per heavy atom. The number of hydrogen-bond acceptors (Lipinski definition) is 6. The highest BCUT2D eigenvalue weighted by molar-refractivity contribution is 5.77. The number of carbonyl (C=O) groups is 2. The molecule has 6 heteroatoms. The molecule has 0 spiro atoms. The van der Waals surface area contributed by atoms with Gasteiger partial charge in [-0.3, -0.25) is 9.59 Å². The Labute approximate surface area is 235 Å². The second kappa shape index (κ2) is 19.1. The van der Waals surface area contributed by atoms with Gasteiger partial charge in [-0.15, -0.1) is 0 Å². The number of unbranched alkanes of at least 4 members (excludes halogenated alkanes) is 8. The number of aryl methyl sites for hydroxylation is 2. The Morgan fingerprint density at radius 1 is 0.667 bits per heavy atom. The molecule has 0 unspecified atom stereocenters. The van der Waals surface area contributed by atoms with Gasteiger partial charge in [0.05, 0.1) is 19.8 Å². The molecule has 216 valence electrons. The van der Waals surface area contributed by atoms with Gasteiger partial charge in [0, 0.05) is 24.0 Å². The first-order chi connectivity index (χ1) is 19.0. The maximum atomic E-state index is 11.9. The van der Waals surface area contributed by atoms with E-state index in [9.17, 15) is 14.7 Å². The van der Waals surface area contributed by atoms with Crippen LogP contribution in [0.4, 0.5) is 0 Å². The lowest BCUT2D eigenvalue weighted by Crippen LogP contribution is -2.06. The summed E-state index contributed by atoms with van der Waals surface area (Å²) in [5.74, 6) is 0.379. The smallest absolute Gasteiger partial charge is 0.306 e. The van der Waals surface area contributed by atoms with E-state index < -0.39 is 0 Å². The third-order valence-corrected chi connectivity index (χ3v) is 6.75. The summed E-state index contributed by atoms with van der Waals surface area (Å²) >= 11 is 0. The van der Waals surface area contributed by atoms with Crippen molar-refractivity contribution >= 4 is 11.9 Å². The fraction of sp³-hybridized carbons (Fsp3) is 0.576. The molecule has 0 aliphatic carbocycles. The third-order valence-electron chi connectivity index (χ3n) is 6.75. The number of ether oxygens (including phenoxy) is 3. The molecule has 2 aromatic rings. The predicted molar refractivity (Wildman–Crippen MR) is 156 cm³/mol. The summed E-state index contributed by atoms with van der Waals surface area (Å²) in [4.78, 5) is 23.8. The average molecular weight is 541 g/mol. The van der Waals surface area contributed by atoms with Crippen LogP contribution in [0.25, 0.3) is 11.1 Å². The van der Waals surface area contributed by atoms with Crippen LogP contribution in [-0.2, 0) is 31.9 Å². The Kier molecular flexibility index (Phi) is 15.8. The maximum Gasteiger partial charge on any atom is 0.306 e. The molecule has 0 saturated heterocycles. The van der Waals surface area contributed by atoms with Gasteiger partial charge < -0.3 is 19.3 Å². The number of esters is 2. The summed E-state index contributed by atoms with van der Waals surface area (Å²) in [5.41, 5.74) is 3.32. The molecule has 0 aromatic heterocycles. The molecule has 0 heterocycles. The molecule has 0 atom stereocenters. The fourth-order valence-electron chi connectivity index (χ4n) is 4.58. The van der Waals surface area contributed by atoms with E-state index in [1.165, 1.54) is 44.9 Å². The first-order valence-electron chi connectivity index (χ1n) is 14.9. The largest absolute Gasteiger partial charge is 0.507 e. The third kappa shape index (κ3) is 12.6. The molecule has 0 bridgehead atoms. The lowest BCUT2D eigenvalue weighted by Gasteiger charge is -2.16. The van der Waals surface area contributed by atoms with Crippen LogP contribution >= 0.6 is 0 Å².